The number of oxime groups is 1. The van der Waals surface area contributed by atoms with E-state index in [0.29, 0.717) is 12.1 Å². The molecule has 104 valence electrons. The molecule has 0 aliphatic carbocycles. The van der Waals surface area contributed by atoms with Gasteiger partial charge in [0.15, 0.2) is 23.3 Å². The average molecular weight is 275 g/mol. The number of anilines is 1. The lowest BCUT2D eigenvalue weighted by Gasteiger charge is -2.13. The minimum absolute atomic E-state index is 0.216. The number of nitrogens with zero attached hydrogens (tertiary/aromatic N) is 1. The maximum atomic E-state index is 12.9. The lowest BCUT2D eigenvalue weighted by atomic mass is 10.0. The maximum absolute atomic E-state index is 12.9. The first-order valence-corrected chi connectivity index (χ1v) is 5.33. The minimum Gasteiger partial charge on any atom is -0.409 e. The summed E-state index contributed by atoms with van der Waals surface area (Å²) in [6, 6.07) is 1.27. The van der Waals surface area contributed by atoms with Crippen molar-refractivity contribution in [1.82, 2.24) is 0 Å². The molecule has 1 aromatic rings. The summed E-state index contributed by atoms with van der Waals surface area (Å²) in [4.78, 5) is 11.7. The number of carbonyl (C=O) groups excluding carboxylic acids is 1. The maximum Gasteiger partial charge on any atom is 0.235 e. The van der Waals surface area contributed by atoms with E-state index < -0.39 is 29.3 Å². The van der Waals surface area contributed by atoms with Crippen molar-refractivity contribution in [3.05, 3.63) is 29.6 Å². The van der Waals surface area contributed by atoms with Crippen molar-refractivity contribution < 1.29 is 23.2 Å². The largest absolute Gasteiger partial charge is 0.409 e. The van der Waals surface area contributed by atoms with Crippen LogP contribution >= 0.6 is 0 Å². The molecule has 4 N–H and O–H groups in total. The Morgan fingerprint density at radius 1 is 1.42 bits per heavy atom. The number of halogens is 3. The van der Waals surface area contributed by atoms with Crippen molar-refractivity contribution in [2.75, 3.05) is 5.32 Å². The summed E-state index contributed by atoms with van der Waals surface area (Å²) in [7, 11) is 0. The van der Waals surface area contributed by atoms with Crippen LogP contribution in [0.5, 0.6) is 0 Å². The number of amides is 1. The van der Waals surface area contributed by atoms with Gasteiger partial charge in [-0.25, -0.2) is 13.2 Å². The summed E-state index contributed by atoms with van der Waals surface area (Å²) in [5, 5.41) is 13.3. The van der Waals surface area contributed by atoms with Crippen LogP contribution in [0.15, 0.2) is 17.3 Å². The first-order chi connectivity index (χ1) is 8.90. The third-order valence-corrected chi connectivity index (χ3v) is 2.45. The van der Waals surface area contributed by atoms with Crippen LogP contribution in [0.2, 0.25) is 0 Å². The normalized spacial score (nSPS) is 13.2. The fraction of sp³-hybridized carbons (Fsp3) is 0.273. The molecular weight excluding hydrogens is 263 g/mol. The number of carbonyl (C=O) groups is 1. The summed E-state index contributed by atoms with van der Waals surface area (Å²) in [6.45, 7) is 1.61. The topological polar surface area (TPSA) is 87.7 Å². The van der Waals surface area contributed by atoms with Crippen molar-refractivity contribution in [1.29, 1.82) is 0 Å². The zero-order valence-corrected chi connectivity index (χ0v) is 9.95. The van der Waals surface area contributed by atoms with E-state index in [1.807, 2.05) is 0 Å². The molecule has 0 spiro atoms. The Balaban J connectivity index is 2.93. The van der Waals surface area contributed by atoms with Crippen LogP contribution in [0.25, 0.3) is 0 Å². The molecule has 1 unspecified atom stereocenters. The molecule has 0 fully saturated rings. The van der Waals surface area contributed by atoms with Gasteiger partial charge in [-0.3, -0.25) is 4.79 Å². The number of hydrogen-bond donors (Lipinski definition) is 3. The molecular formula is C11H12F3N3O2. The zero-order valence-electron chi connectivity index (χ0n) is 9.95. The molecule has 8 heteroatoms. The standard InChI is InChI=1S/C11H12F3N3O2/c1-2-6(10(15)17-19)11(18)16-5-3-7(12)9(14)8(13)4-5/h3-4,6,19H,2H2,1H3,(H2,15,17)(H,16,18). The second kappa shape index (κ2) is 6.07. The predicted octanol–water partition coefficient (Wildman–Crippen LogP) is 1.81. The minimum atomic E-state index is -1.62. The molecule has 1 amide bonds. The van der Waals surface area contributed by atoms with Crippen molar-refractivity contribution in [3.8, 4) is 0 Å². The van der Waals surface area contributed by atoms with Crippen LogP contribution in [0.4, 0.5) is 18.9 Å². The fourth-order valence-electron chi connectivity index (χ4n) is 1.46. The highest BCUT2D eigenvalue weighted by Gasteiger charge is 2.22. The summed E-state index contributed by atoms with van der Waals surface area (Å²) in [5.74, 6) is -6.48. The van der Waals surface area contributed by atoms with Crippen LogP contribution in [0.3, 0.4) is 0 Å². The van der Waals surface area contributed by atoms with Gasteiger partial charge in [-0.1, -0.05) is 12.1 Å². The first-order valence-electron chi connectivity index (χ1n) is 5.33. The van der Waals surface area contributed by atoms with E-state index in [0.717, 1.165) is 0 Å². The highest BCUT2D eigenvalue weighted by Crippen LogP contribution is 2.18. The van der Waals surface area contributed by atoms with Gasteiger partial charge in [0.1, 0.15) is 0 Å². The molecule has 0 saturated heterocycles. The summed E-state index contributed by atoms with van der Waals surface area (Å²) >= 11 is 0. The van der Waals surface area contributed by atoms with Gasteiger partial charge in [0.05, 0.1) is 5.92 Å². The van der Waals surface area contributed by atoms with E-state index >= 15 is 0 Å². The van der Waals surface area contributed by atoms with Gasteiger partial charge < -0.3 is 16.3 Å². The third-order valence-electron chi connectivity index (χ3n) is 2.45. The van der Waals surface area contributed by atoms with Crippen molar-refractivity contribution in [3.63, 3.8) is 0 Å². The molecule has 0 saturated carbocycles. The van der Waals surface area contributed by atoms with E-state index in [1.165, 1.54) is 0 Å². The van der Waals surface area contributed by atoms with Gasteiger partial charge >= 0.3 is 0 Å². The number of nitrogens with one attached hydrogen (secondary N) is 1. The van der Waals surface area contributed by atoms with Gasteiger partial charge in [0.25, 0.3) is 0 Å². The molecule has 0 bridgehead atoms. The quantitative estimate of drug-likeness (QED) is 0.257. The number of nitrogens with two attached hydrogens (primary N) is 1. The molecule has 1 aromatic carbocycles. The number of rotatable bonds is 4. The third kappa shape index (κ3) is 3.36. The number of hydrogen-bond acceptors (Lipinski definition) is 3. The summed E-state index contributed by atoms with van der Waals surface area (Å²) in [6.07, 6.45) is 0.216. The van der Waals surface area contributed by atoms with Crippen LogP contribution in [0, 0.1) is 23.4 Å². The molecule has 0 heterocycles. The molecule has 0 aromatic heterocycles. The lowest BCUT2D eigenvalue weighted by molar-refractivity contribution is -0.118. The van der Waals surface area contributed by atoms with Gasteiger partial charge in [0.2, 0.25) is 5.91 Å². The van der Waals surface area contributed by atoms with Crippen LogP contribution in [0.1, 0.15) is 13.3 Å². The molecule has 19 heavy (non-hydrogen) atoms. The Morgan fingerprint density at radius 3 is 2.37 bits per heavy atom. The summed E-state index contributed by atoms with van der Waals surface area (Å²) < 4.78 is 38.6. The zero-order chi connectivity index (χ0) is 14.6. The highest BCUT2D eigenvalue weighted by atomic mass is 19.2. The van der Waals surface area contributed by atoms with E-state index in [9.17, 15) is 18.0 Å². The second-order valence-corrected chi connectivity index (χ2v) is 3.73. The van der Waals surface area contributed by atoms with E-state index in [1.54, 1.807) is 6.92 Å². The summed E-state index contributed by atoms with van der Waals surface area (Å²) in [5.41, 5.74) is 5.04. The van der Waals surface area contributed by atoms with Crippen molar-refractivity contribution >= 4 is 17.4 Å². The van der Waals surface area contributed by atoms with Crippen LogP contribution in [-0.4, -0.2) is 17.0 Å². The van der Waals surface area contributed by atoms with Crippen LogP contribution in [-0.2, 0) is 4.79 Å². The van der Waals surface area contributed by atoms with E-state index in [2.05, 4.69) is 10.5 Å². The number of benzene rings is 1. The van der Waals surface area contributed by atoms with Gasteiger partial charge in [-0.2, -0.15) is 0 Å². The SMILES string of the molecule is CCC(C(=O)Nc1cc(F)c(F)c(F)c1)C(N)=NO. The molecule has 0 aliphatic heterocycles. The van der Waals surface area contributed by atoms with E-state index in [4.69, 9.17) is 10.9 Å². The smallest absolute Gasteiger partial charge is 0.235 e. The van der Waals surface area contributed by atoms with E-state index in [-0.39, 0.29) is 17.9 Å². The fourth-order valence-corrected chi connectivity index (χ4v) is 1.46. The second-order valence-electron chi connectivity index (χ2n) is 3.73. The molecule has 5 nitrogen and oxygen atoms in total. The Morgan fingerprint density at radius 2 is 1.95 bits per heavy atom. The average Bonchev–Trinajstić information content (AvgIpc) is 2.36. The highest BCUT2D eigenvalue weighted by molar-refractivity contribution is 6.07. The predicted molar refractivity (Wildman–Crippen MR) is 62.1 cm³/mol. The Kier molecular flexibility index (Phi) is 4.74. The van der Waals surface area contributed by atoms with Gasteiger partial charge in [-0.05, 0) is 6.42 Å². The van der Waals surface area contributed by atoms with Gasteiger partial charge in [-0.15, -0.1) is 0 Å². The molecule has 0 aliphatic rings. The Hall–Kier alpha value is -2.25. The molecule has 0 radical (unpaired) electrons. The van der Waals surface area contributed by atoms with Crippen LogP contribution < -0.4 is 11.1 Å². The lowest BCUT2D eigenvalue weighted by Crippen LogP contribution is -2.34. The Bertz CT molecular complexity index is 497. The number of amidine groups is 1. The van der Waals surface area contributed by atoms with Crippen molar-refractivity contribution in [2.24, 2.45) is 16.8 Å². The Labute approximate surface area is 106 Å². The molecule has 1 rings (SSSR count). The first kappa shape index (κ1) is 14.8. The van der Waals surface area contributed by atoms with Gasteiger partial charge in [0, 0.05) is 17.8 Å². The molecule has 1 atom stereocenters. The monoisotopic (exact) mass is 275 g/mol. The van der Waals surface area contributed by atoms with Crippen molar-refractivity contribution in [2.45, 2.75) is 13.3 Å².